The molecule has 0 bridgehead atoms. The van der Waals surface area contributed by atoms with Crippen LogP contribution in [0.4, 0.5) is 9.18 Å². The highest BCUT2D eigenvalue weighted by molar-refractivity contribution is 5.67. The second-order valence-corrected chi connectivity index (χ2v) is 7.85. The Morgan fingerprint density at radius 1 is 1.07 bits per heavy atom. The number of benzene rings is 2. The summed E-state index contributed by atoms with van der Waals surface area (Å²) in [6.45, 7) is 6.88. The van der Waals surface area contributed by atoms with E-state index in [1.807, 2.05) is 51.1 Å². The number of aliphatic hydroxyl groups is 1. The first kappa shape index (κ1) is 21.9. The van der Waals surface area contributed by atoms with E-state index in [0.717, 1.165) is 11.1 Å². The lowest BCUT2D eigenvalue weighted by molar-refractivity contribution is 0.0281. The van der Waals surface area contributed by atoms with E-state index in [1.54, 1.807) is 12.1 Å². The standard InChI is InChI=1S/C22H29FN2O3/c1-22(2,3)20(17-7-5-4-6-8-17)28-21(27)25-15-19(26)14-24-13-16-9-11-18(23)12-10-16/h4-12,19-20,24,26H,13-15H2,1-3H3,(H,25,27). The van der Waals surface area contributed by atoms with Gasteiger partial charge in [0.2, 0.25) is 0 Å². The first-order valence-electron chi connectivity index (χ1n) is 9.38. The molecule has 0 radical (unpaired) electrons. The Morgan fingerprint density at radius 3 is 2.32 bits per heavy atom. The van der Waals surface area contributed by atoms with Gasteiger partial charge in [-0.1, -0.05) is 63.2 Å². The monoisotopic (exact) mass is 388 g/mol. The van der Waals surface area contributed by atoms with Crippen LogP contribution in [0.25, 0.3) is 0 Å². The smallest absolute Gasteiger partial charge is 0.407 e. The van der Waals surface area contributed by atoms with Crippen molar-refractivity contribution in [3.8, 4) is 0 Å². The quantitative estimate of drug-likeness (QED) is 0.643. The van der Waals surface area contributed by atoms with E-state index in [-0.39, 0.29) is 17.8 Å². The molecule has 2 aromatic rings. The van der Waals surface area contributed by atoms with Crippen molar-refractivity contribution in [2.24, 2.45) is 5.41 Å². The molecule has 5 nitrogen and oxygen atoms in total. The van der Waals surface area contributed by atoms with E-state index < -0.39 is 18.3 Å². The van der Waals surface area contributed by atoms with Crippen molar-refractivity contribution in [3.63, 3.8) is 0 Å². The maximum atomic E-state index is 12.9. The van der Waals surface area contributed by atoms with Crippen LogP contribution in [0.3, 0.4) is 0 Å². The molecule has 0 saturated carbocycles. The fraction of sp³-hybridized carbons (Fsp3) is 0.409. The Labute approximate surface area is 165 Å². The van der Waals surface area contributed by atoms with Crippen molar-refractivity contribution < 1.29 is 19.0 Å². The van der Waals surface area contributed by atoms with Gasteiger partial charge < -0.3 is 20.5 Å². The van der Waals surface area contributed by atoms with Gasteiger partial charge in [-0.05, 0) is 23.3 Å². The van der Waals surface area contributed by atoms with E-state index in [9.17, 15) is 14.3 Å². The van der Waals surface area contributed by atoms with Gasteiger partial charge in [0.05, 0.1) is 6.10 Å². The fourth-order valence-corrected chi connectivity index (χ4v) is 2.78. The van der Waals surface area contributed by atoms with E-state index in [0.29, 0.717) is 13.1 Å². The maximum absolute atomic E-state index is 12.9. The summed E-state index contributed by atoms with van der Waals surface area (Å²) in [5.41, 5.74) is 1.57. The summed E-state index contributed by atoms with van der Waals surface area (Å²) in [5.74, 6) is -0.282. The van der Waals surface area contributed by atoms with Crippen molar-refractivity contribution in [1.29, 1.82) is 0 Å². The molecule has 0 aromatic heterocycles. The molecule has 2 rings (SSSR count). The fourth-order valence-electron chi connectivity index (χ4n) is 2.78. The first-order chi connectivity index (χ1) is 13.3. The van der Waals surface area contributed by atoms with Gasteiger partial charge in [0.1, 0.15) is 11.9 Å². The van der Waals surface area contributed by atoms with Crippen molar-refractivity contribution in [1.82, 2.24) is 10.6 Å². The zero-order chi connectivity index (χ0) is 20.6. The summed E-state index contributed by atoms with van der Waals surface area (Å²) < 4.78 is 18.5. The van der Waals surface area contributed by atoms with Crippen molar-refractivity contribution in [2.75, 3.05) is 13.1 Å². The second-order valence-electron chi connectivity index (χ2n) is 7.85. The minimum atomic E-state index is -0.766. The van der Waals surface area contributed by atoms with Gasteiger partial charge in [-0.3, -0.25) is 0 Å². The summed E-state index contributed by atoms with van der Waals surface area (Å²) in [5, 5.41) is 15.7. The van der Waals surface area contributed by atoms with Crippen LogP contribution in [0.2, 0.25) is 0 Å². The molecular formula is C22H29FN2O3. The van der Waals surface area contributed by atoms with Gasteiger partial charge in [-0.15, -0.1) is 0 Å². The lowest BCUT2D eigenvalue weighted by Gasteiger charge is -2.30. The largest absolute Gasteiger partial charge is 0.441 e. The van der Waals surface area contributed by atoms with Gasteiger partial charge >= 0.3 is 6.09 Å². The van der Waals surface area contributed by atoms with E-state index in [2.05, 4.69) is 10.6 Å². The second kappa shape index (κ2) is 10.2. The highest BCUT2D eigenvalue weighted by Crippen LogP contribution is 2.35. The number of hydrogen-bond donors (Lipinski definition) is 3. The summed E-state index contributed by atoms with van der Waals surface area (Å²) in [4.78, 5) is 12.2. The third-order valence-corrected chi connectivity index (χ3v) is 4.22. The molecule has 2 atom stereocenters. The number of ether oxygens (including phenoxy) is 1. The molecule has 152 valence electrons. The predicted octanol–water partition coefficient (Wildman–Crippen LogP) is 3.79. The Hall–Kier alpha value is -2.44. The minimum absolute atomic E-state index is 0.0703. The van der Waals surface area contributed by atoms with Gasteiger partial charge in [0, 0.05) is 25.0 Å². The Morgan fingerprint density at radius 2 is 1.71 bits per heavy atom. The SMILES string of the molecule is CC(C)(C)C(OC(=O)NCC(O)CNCc1ccc(F)cc1)c1ccccc1. The van der Waals surface area contributed by atoms with Gasteiger partial charge in [-0.25, -0.2) is 9.18 Å². The van der Waals surface area contributed by atoms with Crippen LogP contribution in [-0.4, -0.2) is 30.4 Å². The number of hydrogen-bond acceptors (Lipinski definition) is 4. The molecule has 2 unspecified atom stereocenters. The molecule has 0 aliphatic rings. The van der Waals surface area contributed by atoms with Crippen molar-refractivity contribution in [3.05, 3.63) is 71.5 Å². The Kier molecular flexibility index (Phi) is 7.96. The Bertz CT molecular complexity index is 730. The topological polar surface area (TPSA) is 70.6 Å². The molecule has 3 N–H and O–H groups in total. The summed E-state index contributed by atoms with van der Waals surface area (Å²) in [6, 6.07) is 15.7. The molecule has 0 aliphatic carbocycles. The molecule has 0 spiro atoms. The number of amides is 1. The summed E-state index contributed by atoms with van der Waals surface area (Å²) in [7, 11) is 0. The van der Waals surface area contributed by atoms with Crippen molar-refractivity contribution in [2.45, 2.75) is 39.5 Å². The molecule has 0 aliphatic heterocycles. The third-order valence-electron chi connectivity index (χ3n) is 4.22. The molecular weight excluding hydrogens is 359 g/mol. The summed E-state index contributed by atoms with van der Waals surface area (Å²) in [6.07, 6.45) is -1.73. The molecule has 0 fully saturated rings. The lowest BCUT2D eigenvalue weighted by Crippen LogP contribution is -2.39. The van der Waals surface area contributed by atoms with Crippen LogP contribution in [0.15, 0.2) is 54.6 Å². The van der Waals surface area contributed by atoms with E-state index in [1.165, 1.54) is 12.1 Å². The number of alkyl carbamates (subject to hydrolysis) is 1. The van der Waals surface area contributed by atoms with Crippen LogP contribution in [-0.2, 0) is 11.3 Å². The van der Waals surface area contributed by atoms with Crippen LogP contribution >= 0.6 is 0 Å². The number of rotatable bonds is 8. The molecule has 1 amide bonds. The van der Waals surface area contributed by atoms with Gasteiger partial charge in [-0.2, -0.15) is 0 Å². The first-order valence-corrected chi connectivity index (χ1v) is 9.38. The molecule has 0 heterocycles. The minimum Gasteiger partial charge on any atom is -0.441 e. The van der Waals surface area contributed by atoms with E-state index >= 15 is 0 Å². The predicted molar refractivity (Wildman–Crippen MR) is 107 cm³/mol. The zero-order valence-corrected chi connectivity index (χ0v) is 16.6. The number of nitrogens with one attached hydrogen (secondary N) is 2. The lowest BCUT2D eigenvalue weighted by atomic mass is 9.84. The molecule has 0 saturated heterocycles. The van der Waals surface area contributed by atoms with Gasteiger partial charge in [0.15, 0.2) is 0 Å². The highest BCUT2D eigenvalue weighted by atomic mass is 19.1. The highest BCUT2D eigenvalue weighted by Gasteiger charge is 2.30. The maximum Gasteiger partial charge on any atom is 0.407 e. The number of halogens is 1. The number of carbonyl (C=O) groups excluding carboxylic acids is 1. The third kappa shape index (κ3) is 7.29. The summed E-state index contributed by atoms with van der Waals surface area (Å²) >= 11 is 0. The van der Waals surface area contributed by atoms with Crippen LogP contribution in [0, 0.1) is 11.2 Å². The van der Waals surface area contributed by atoms with Gasteiger partial charge in [0.25, 0.3) is 0 Å². The average molecular weight is 388 g/mol. The van der Waals surface area contributed by atoms with Crippen LogP contribution < -0.4 is 10.6 Å². The zero-order valence-electron chi connectivity index (χ0n) is 16.6. The normalized spacial score (nSPS) is 13.6. The van der Waals surface area contributed by atoms with Crippen molar-refractivity contribution >= 4 is 6.09 Å². The molecule has 6 heteroatoms. The van der Waals surface area contributed by atoms with Crippen LogP contribution in [0.5, 0.6) is 0 Å². The molecule has 28 heavy (non-hydrogen) atoms. The number of aliphatic hydroxyl groups excluding tert-OH is 1. The van der Waals surface area contributed by atoms with Crippen LogP contribution in [0.1, 0.15) is 38.0 Å². The van der Waals surface area contributed by atoms with E-state index in [4.69, 9.17) is 4.74 Å². The number of carbonyl (C=O) groups is 1. The average Bonchev–Trinajstić information content (AvgIpc) is 2.66. The molecule has 2 aromatic carbocycles. The Balaban J connectivity index is 1.76.